The summed E-state index contributed by atoms with van der Waals surface area (Å²) < 4.78 is 11.0. The monoisotopic (exact) mass is 538 g/mol. The summed E-state index contributed by atoms with van der Waals surface area (Å²) in [6.45, 7) is 4.09. The Balaban J connectivity index is 1.29. The summed E-state index contributed by atoms with van der Waals surface area (Å²) >= 11 is 7.94. The number of carbonyl (C=O) groups is 2. The highest BCUT2D eigenvalue weighted by molar-refractivity contribution is 7.98. The van der Waals surface area contributed by atoms with E-state index in [0.717, 1.165) is 28.2 Å². The molecule has 0 aliphatic carbocycles. The molecule has 0 saturated heterocycles. The molecule has 37 heavy (non-hydrogen) atoms. The summed E-state index contributed by atoms with van der Waals surface area (Å²) in [5.74, 6) is 1.93. The molecular weight excluding hydrogens is 512 g/mol. The van der Waals surface area contributed by atoms with Gasteiger partial charge in [-0.3, -0.25) is 10.1 Å². The quantitative estimate of drug-likeness (QED) is 0.196. The molecule has 2 heterocycles. The van der Waals surface area contributed by atoms with Crippen molar-refractivity contribution in [2.24, 2.45) is 0 Å². The molecule has 2 aromatic heterocycles. The van der Waals surface area contributed by atoms with Gasteiger partial charge in [-0.25, -0.2) is 4.79 Å². The molecule has 0 aliphatic heterocycles. The third-order valence-corrected chi connectivity index (χ3v) is 6.95. The molecule has 1 unspecified atom stereocenters. The number of hydrogen-bond donors (Lipinski definition) is 3. The number of hydrogen-bond acceptors (Lipinski definition) is 6. The Morgan fingerprint density at radius 1 is 1.14 bits per heavy atom. The maximum atomic E-state index is 12.6. The van der Waals surface area contributed by atoms with Crippen molar-refractivity contribution in [1.82, 2.24) is 15.5 Å². The number of ether oxygens (including phenoxy) is 1. The third kappa shape index (κ3) is 6.96. The van der Waals surface area contributed by atoms with Gasteiger partial charge < -0.3 is 19.6 Å². The van der Waals surface area contributed by atoms with Crippen LogP contribution < -0.4 is 10.6 Å². The van der Waals surface area contributed by atoms with Gasteiger partial charge in [-0.2, -0.15) is 11.8 Å². The van der Waals surface area contributed by atoms with Crippen LogP contribution in [0.4, 0.5) is 10.5 Å². The molecule has 4 rings (SSSR count). The Kier molecular flexibility index (Phi) is 8.92. The van der Waals surface area contributed by atoms with Crippen molar-refractivity contribution < 1.29 is 18.8 Å². The lowest BCUT2D eigenvalue weighted by Crippen LogP contribution is -2.25. The van der Waals surface area contributed by atoms with Gasteiger partial charge in [0, 0.05) is 40.4 Å². The predicted octanol–water partition coefficient (Wildman–Crippen LogP) is 6.60. The third-order valence-electron chi connectivity index (χ3n) is 5.58. The van der Waals surface area contributed by atoms with E-state index < -0.39 is 12.2 Å². The average molecular weight is 539 g/mol. The number of nitrogens with zero attached hydrogens (tertiary/aromatic N) is 1. The van der Waals surface area contributed by atoms with E-state index in [-0.39, 0.29) is 5.91 Å². The van der Waals surface area contributed by atoms with Crippen LogP contribution in [0.15, 0.2) is 71.4 Å². The second kappa shape index (κ2) is 12.5. The van der Waals surface area contributed by atoms with Crippen molar-refractivity contribution >= 4 is 41.1 Å². The zero-order chi connectivity index (χ0) is 26.2. The summed E-state index contributed by atoms with van der Waals surface area (Å²) in [5, 5.41) is 10.2. The number of benzene rings is 2. The number of rotatable bonds is 10. The number of aryl methyl sites for hydroxylation is 1. The molecule has 0 aliphatic rings. The van der Waals surface area contributed by atoms with Crippen LogP contribution in [0.2, 0.25) is 5.02 Å². The fraction of sp³-hybridized carbons (Fsp3) is 0.222. The molecule has 0 spiro atoms. The van der Waals surface area contributed by atoms with Gasteiger partial charge in [0.2, 0.25) is 0 Å². The van der Waals surface area contributed by atoms with Gasteiger partial charge in [-0.15, -0.1) is 0 Å². The van der Waals surface area contributed by atoms with Gasteiger partial charge in [0.05, 0.1) is 0 Å². The fourth-order valence-electron chi connectivity index (χ4n) is 3.62. The molecule has 0 radical (unpaired) electrons. The standard InChI is InChI=1S/C27H27ClN4O4S/c1-17-24(31-27(34)35-18(2)21-6-3-4-7-22(21)28)25(36-32-17)20-11-9-19(10-12-20)16-37-15-14-30-26(33)23-8-5-13-29-23/h3-13,18,29H,14-16H2,1-2H3,(H,30,33)(H,31,34). The number of H-pyrrole nitrogens is 1. The Labute approximate surface area is 224 Å². The first-order valence-corrected chi connectivity index (χ1v) is 13.2. The van der Waals surface area contributed by atoms with E-state index in [2.05, 4.69) is 20.8 Å². The predicted molar refractivity (Wildman–Crippen MR) is 146 cm³/mol. The molecule has 8 nitrogen and oxygen atoms in total. The zero-order valence-electron chi connectivity index (χ0n) is 20.4. The highest BCUT2D eigenvalue weighted by Gasteiger charge is 2.20. The minimum atomic E-state index is -0.628. The van der Waals surface area contributed by atoms with Crippen LogP contribution in [0.5, 0.6) is 0 Å². The number of aromatic amines is 1. The lowest BCUT2D eigenvalue weighted by Gasteiger charge is -2.15. The highest BCUT2D eigenvalue weighted by atomic mass is 35.5. The first-order valence-electron chi connectivity index (χ1n) is 11.7. The van der Waals surface area contributed by atoms with Crippen molar-refractivity contribution in [1.29, 1.82) is 0 Å². The Morgan fingerprint density at radius 3 is 2.65 bits per heavy atom. The summed E-state index contributed by atoms with van der Waals surface area (Å²) in [5.41, 5.74) is 4.18. The minimum absolute atomic E-state index is 0.107. The second-order valence-electron chi connectivity index (χ2n) is 8.26. The van der Waals surface area contributed by atoms with Crippen molar-refractivity contribution in [3.8, 4) is 11.3 Å². The number of aromatic nitrogens is 2. The molecule has 0 bridgehead atoms. The largest absolute Gasteiger partial charge is 0.441 e. The van der Waals surface area contributed by atoms with Gasteiger partial charge in [-0.1, -0.05) is 59.2 Å². The zero-order valence-corrected chi connectivity index (χ0v) is 22.0. The lowest BCUT2D eigenvalue weighted by atomic mass is 10.1. The Bertz CT molecular complexity index is 1340. The van der Waals surface area contributed by atoms with Crippen LogP contribution in [0.1, 0.15) is 40.3 Å². The van der Waals surface area contributed by atoms with Crippen molar-refractivity contribution in [3.05, 3.63) is 94.4 Å². The molecule has 0 fully saturated rings. The van der Waals surface area contributed by atoms with E-state index in [4.69, 9.17) is 20.9 Å². The molecule has 10 heteroatoms. The number of halogens is 1. The average Bonchev–Trinajstić information content (AvgIpc) is 3.55. The molecule has 1 atom stereocenters. The maximum absolute atomic E-state index is 12.6. The van der Waals surface area contributed by atoms with Gasteiger partial charge >= 0.3 is 6.09 Å². The first-order chi connectivity index (χ1) is 17.9. The SMILES string of the molecule is Cc1noc(-c2ccc(CSCCNC(=O)c3ccc[nH]3)cc2)c1NC(=O)OC(C)c1ccccc1Cl. The van der Waals surface area contributed by atoms with Crippen LogP contribution in [0.25, 0.3) is 11.3 Å². The smallest absolute Gasteiger partial charge is 0.412 e. The van der Waals surface area contributed by atoms with Crippen LogP contribution in [0, 0.1) is 6.92 Å². The van der Waals surface area contributed by atoms with Crippen molar-refractivity contribution in [2.75, 3.05) is 17.6 Å². The van der Waals surface area contributed by atoms with Gasteiger partial charge in [0.25, 0.3) is 5.91 Å². The van der Waals surface area contributed by atoms with E-state index >= 15 is 0 Å². The molecule has 4 aromatic rings. The number of anilines is 1. The van der Waals surface area contributed by atoms with Crippen molar-refractivity contribution in [3.63, 3.8) is 0 Å². The van der Waals surface area contributed by atoms with E-state index in [1.165, 1.54) is 0 Å². The molecule has 2 aromatic carbocycles. The summed E-state index contributed by atoms with van der Waals surface area (Å²) in [4.78, 5) is 27.4. The van der Waals surface area contributed by atoms with Crippen LogP contribution in [-0.4, -0.2) is 34.4 Å². The summed E-state index contributed by atoms with van der Waals surface area (Å²) in [6, 6.07) is 18.6. The fourth-order valence-corrected chi connectivity index (χ4v) is 4.73. The number of nitrogens with one attached hydrogen (secondary N) is 3. The normalized spacial score (nSPS) is 11.6. The lowest BCUT2D eigenvalue weighted by molar-refractivity contribution is 0.0951. The van der Waals surface area contributed by atoms with E-state index in [1.54, 1.807) is 50.0 Å². The number of amides is 2. The van der Waals surface area contributed by atoms with E-state index in [9.17, 15) is 9.59 Å². The summed E-state index contributed by atoms with van der Waals surface area (Å²) in [7, 11) is 0. The number of carbonyl (C=O) groups excluding carboxylic acids is 2. The summed E-state index contributed by atoms with van der Waals surface area (Å²) in [6.07, 6.45) is 0.563. The van der Waals surface area contributed by atoms with Crippen LogP contribution in [-0.2, 0) is 10.5 Å². The number of thioether (sulfide) groups is 1. The van der Waals surface area contributed by atoms with Crippen LogP contribution in [0.3, 0.4) is 0 Å². The Hall–Kier alpha value is -3.69. The molecular formula is C27H27ClN4O4S. The highest BCUT2D eigenvalue weighted by Crippen LogP contribution is 2.32. The van der Waals surface area contributed by atoms with Gasteiger partial charge in [-0.05, 0) is 37.6 Å². The Morgan fingerprint density at radius 2 is 1.92 bits per heavy atom. The topological polar surface area (TPSA) is 109 Å². The molecule has 2 amide bonds. The van der Waals surface area contributed by atoms with E-state index in [0.29, 0.717) is 34.4 Å². The van der Waals surface area contributed by atoms with Gasteiger partial charge in [0.1, 0.15) is 23.2 Å². The van der Waals surface area contributed by atoms with Crippen LogP contribution >= 0.6 is 23.4 Å². The van der Waals surface area contributed by atoms with Gasteiger partial charge in [0.15, 0.2) is 5.76 Å². The first kappa shape index (κ1) is 26.4. The second-order valence-corrected chi connectivity index (χ2v) is 9.77. The molecule has 3 N–H and O–H groups in total. The van der Waals surface area contributed by atoms with Crippen molar-refractivity contribution in [2.45, 2.75) is 25.7 Å². The molecule has 0 saturated carbocycles. The minimum Gasteiger partial charge on any atom is -0.441 e. The maximum Gasteiger partial charge on any atom is 0.412 e. The van der Waals surface area contributed by atoms with E-state index in [1.807, 2.05) is 42.5 Å². The molecule has 192 valence electrons.